The monoisotopic (exact) mass is 302 g/mol. The molecule has 1 aliphatic rings. The molecule has 0 aliphatic carbocycles. The van der Waals surface area contributed by atoms with Crippen molar-refractivity contribution in [3.05, 3.63) is 70.2 Å². The van der Waals surface area contributed by atoms with Gasteiger partial charge >= 0.3 is 0 Å². The van der Waals surface area contributed by atoms with Crippen LogP contribution in [0, 0.1) is 0 Å². The van der Waals surface area contributed by atoms with Gasteiger partial charge in [-0.15, -0.1) is 0 Å². The number of carbonyl (C=O) groups is 1. The van der Waals surface area contributed by atoms with Gasteiger partial charge in [-0.05, 0) is 17.7 Å². The molecule has 1 heterocycles. The summed E-state index contributed by atoms with van der Waals surface area (Å²) < 4.78 is 6.51. The Bertz CT molecular complexity index is 580. The summed E-state index contributed by atoms with van der Waals surface area (Å²) in [4.78, 5) is 12.1. The molecular weight excluding hydrogens is 292 g/mol. The fraction of sp³-hybridized carbons (Fsp3) is 0.133. The van der Waals surface area contributed by atoms with Crippen molar-refractivity contribution in [2.75, 3.05) is 0 Å². The van der Waals surface area contributed by atoms with Crippen molar-refractivity contribution in [1.29, 1.82) is 0 Å². The lowest BCUT2D eigenvalue weighted by atomic mass is 10.0. The van der Waals surface area contributed by atoms with E-state index in [1.54, 1.807) is 0 Å². The number of Topliss-reactive ketones (excluding diaryl/α,β-unsaturated/α-hetero) is 1. The maximum absolute atomic E-state index is 12.1. The maximum Gasteiger partial charge on any atom is 0.194 e. The molecule has 1 aliphatic heterocycles. The average molecular weight is 303 g/mol. The highest BCUT2D eigenvalue weighted by atomic mass is 79.9. The lowest BCUT2D eigenvalue weighted by Crippen LogP contribution is -2.07. The highest BCUT2D eigenvalue weighted by molar-refractivity contribution is 9.10. The van der Waals surface area contributed by atoms with Gasteiger partial charge in [0, 0.05) is 10.0 Å². The van der Waals surface area contributed by atoms with E-state index in [4.69, 9.17) is 4.74 Å². The van der Waals surface area contributed by atoms with Crippen LogP contribution >= 0.6 is 15.9 Å². The van der Waals surface area contributed by atoms with Crippen LogP contribution in [0.15, 0.2) is 59.1 Å². The van der Waals surface area contributed by atoms with Crippen molar-refractivity contribution in [3.8, 4) is 0 Å². The van der Waals surface area contributed by atoms with Crippen LogP contribution in [0.1, 0.15) is 22.0 Å². The zero-order chi connectivity index (χ0) is 12.5. The Balaban J connectivity index is 1.77. The Morgan fingerprint density at radius 3 is 2.56 bits per heavy atom. The molecule has 90 valence electrons. The molecule has 1 saturated heterocycles. The van der Waals surface area contributed by atoms with E-state index in [9.17, 15) is 4.79 Å². The summed E-state index contributed by atoms with van der Waals surface area (Å²) in [5, 5.41) is 0. The Labute approximate surface area is 114 Å². The van der Waals surface area contributed by atoms with Gasteiger partial charge in [-0.2, -0.15) is 0 Å². The molecule has 2 atom stereocenters. The molecule has 0 saturated carbocycles. The summed E-state index contributed by atoms with van der Waals surface area (Å²) in [7, 11) is 0. The van der Waals surface area contributed by atoms with Crippen molar-refractivity contribution >= 4 is 21.7 Å². The second-order valence-electron chi connectivity index (χ2n) is 4.26. The molecule has 0 aromatic heterocycles. The van der Waals surface area contributed by atoms with E-state index >= 15 is 0 Å². The van der Waals surface area contributed by atoms with E-state index in [2.05, 4.69) is 15.9 Å². The van der Waals surface area contributed by atoms with Crippen LogP contribution in [0.3, 0.4) is 0 Å². The third-order valence-corrected chi connectivity index (χ3v) is 3.48. The minimum Gasteiger partial charge on any atom is -0.356 e. The summed E-state index contributed by atoms with van der Waals surface area (Å²) in [6, 6.07) is 17.1. The fourth-order valence-electron chi connectivity index (χ4n) is 2.02. The number of carbonyl (C=O) groups excluding carboxylic acids is 1. The topological polar surface area (TPSA) is 29.6 Å². The lowest BCUT2D eigenvalue weighted by Gasteiger charge is -1.98. The SMILES string of the molecule is O=C(c1ccccc1)C1OC1c1cccc(Br)c1. The first kappa shape index (κ1) is 11.6. The van der Waals surface area contributed by atoms with E-state index in [0.29, 0.717) is 5.56 Å². The molecule has 2 nitrogen and oxygen atoms in total. The van der Waals surface area contributed by atoms with Gasteiger partial charge in [0.05, 0.1) is 0 Å². The lowest BCUT2D eigenvalue weighted by molar-refractivity contribution is 0.0953. The van der Waals surface area contributed by atoms with Gasteiger partial charge in [-0.25, -0.2) is 0 Å². The summed E-state index contributed by atoms with van der Waals surface area (Å²) in [5.74, 6) is 0.0561. The number of benzene rings is 2. The molecule has 2 aromatic carbocycles. The molecule has 3 rings (SSSR count). The first-order chi connectivity index (χ1) is 8.75. The van der Waals surface area contributed by atoms with Gasteiger partial charge < -0.3 is 4.74 Å². The number of rotatable bonds is 3. The molecular formula is C15H11BrO2. The van der Waals surface area contributed by atoms with Crippen LogP contribution in [-0.4, -0.2) is 11.9 Å². The van der Waals surface area contributed by atoms with Gasteiger partial charge in [0.15, 0.2) is 11.9 Å². The Morgan fingerprint density at radius 1 is 1.06 bits per heavy atom. The van der Waals surface area contributed by atoms with Crippen LogP contribution in [0.2, 0.25) is 0 Å². The molecule has 0 bridgehead atoms. The van der Waals surface area contributed by atoms with Crippen molar-refractivity contribution in [2.45, 2.75) is 12.2 Å². The zero-order valence-electron chi connectivity index (χ0n) is 9.55. The summed E-state index contributed by atoms with van der Waals surface area (Å²) in [5.41, 5.74) is 1.75. The molecule has 0 radical (unpaired) electrons. The zero-order valence-corrected chi connectivity index (χ0v) is 11.1. The highest BCUT2D eigenvalue weighted by Crippen LogP contribution is 2.41. The average Bonchev–Trinajstić information content (AvgIpc) is 3.19. The number of hydrogen-bond acceptors (Lipinski definition) is 2. The standard InChI is InChI=1S/C15H11BrO2/c16-12-8-4-7-11(9-12)14-15(18-14)13(17)10-5-2-1-3-6-10/h1-9,14-15H. The molecule has 1 fully saturated rings. The van der Waals surface area contributed by atoms with Crippen LogP contribution in [0.4, 0.5) is 0 Å². The van der Waals surface area contributed by atoms with Crippen molar-refractivity contribution in [1.82, 2.24) is 0 Å². The summed E-state index contributed by atoms with van der Waals surface area (Å²) in [6.07, 6.45) is -0.433. The number of ether oxygens (including phenoxy) is 1. The van der Waals surface area contributed by atoms with Crippen molar-refractivity contribution in [2.24, 2.45) is 0 Å². The van der Waals surface area contributed by atoms with Crippen molar-refractivity contribution < 1.29 is 9.53 Å². The second-order valence-corrected chi connectivity index (χ2v) is 5.18. The van der Waals surface area contributed by atoms with Gasteiger partial charge in [-0.1, -0.05) is 58.4 Å². The largest absolute Gasteiger partial charge is 0.356 e. The molecule has 0 spiro atoms. The maximum atomic E-state index is 12.1. The Kier molecular flexibility index (Phi) is 3.02. The van der Waals surface area contributed by atoms with Crippen LogP contribution in [0.5, 0.6) is 0 Å². The normalized spacial score (nSPS) is 21.6. The minimum absolute atomic E-state index is 0.0561. The minimum atomic E-state index is -0.332. The molecule has 2 unspecified atom stereocenters. The first-order valence-electron chi connectivity index (χ1n) is 5.76. The van der Waals surface area contributed by atoms with E-state index in [0.717, 1.165) is 10.0 Å². The quantitative estimate of drug-likeness (QED) is 0.638. The number of epoxide rings is 1. The molecule has 3 heteroatoms. The third-order valence-electron chi connectivity index (χ3n) is 2.99. The van der Waals surface area contributed by atoms with E-state index in [1.807, 2.05) is 54.6 Å². The number of ketones is 1. The van der Waals surface area contributed by atoms with Crippen LogP contribution in [0.25, 0.3) is 0 Å². The molecule has 0 amide bonds. The van der Waals surface area contributed by atoms with Crippen molar-refractivity contribution in [3.63, 3.8) is 0 Å². The smallest absolute Gasteiger partial charge is 0.194 e. The third kappa shape index (κ3) is 2.24. The molecule has 2 aromatic rings. The summed E-state index contributed by atoms with van der Waals surface area (Å²) in [6.45, 7) is 0. The van der Waals surface area contributed by atoms with E-state index in [1.165, 1.54) is 0 Å². The molecule has 18 heavy (non-hydrogen) atoms. The molecule has 0 N–H and O–H groups in total. The number of halogens is 1. The highest BCUT2D eigenvalue weighted by Gasteiger charge is 2.46. The van der Waals surface area contributed by atoms with Gasteiger partial charge in [-0.3, -0.25) is 4.79 Å². The van der Waals surface area contributed by atoms with Gasteiger partial charge in [0.2, 0.25) is 0 Å². The fourth-order valence-corrected chi connectivity index (χ4v) is 2.43. The predicted molar refractivity (Wildman–Crippen MR) is 72.5 cm³/mol. The van der Waals surface area contributed by atoms with Crippen LogP contribution < -0.4 is 0 Å². The van der Waals surface area contributed by atoms with Gasteiger partial charge in [0.25, 0.3) is 0 Å². The van der Waals surface area contributed by atoms with E-state index < -0.39 is 0 Å². The Morgan fingerprint density at radius 2 is 1.83 bits per heavy atom. The second kappa shape index (κ2) is 4.67. The summed E-state index contributed by atoms with van der Waals surface area (Å²) >= 11 is 3.42. The van der Waals surface area contributed by atoms with Crippen LogP contribution in [-0.2, 0) is 4.74 Å². The number of hydrogen-bond donors (Lipinski definition) is 0. The predicted octanol–water partition coefficient (Wildman–Crippen LogP) is 3.77. The Hall–Kier alpha value is -1.45. The first-order valence-corrected chi connectivity index (χ1v) is 6.55. The van der Waals surface area contributed by atoms with Gasteiger partial charge in [0.1, 0.15) is 6.10 Å². The van der Waals surface area contributed by atoms with E-state index in [-0.39, 0.29) is 18.0 Å².